The number of urea groups is 1. The Hall–Kier alpha value is -2.49. The van der Waals surface area contributed by atoms with Crippen LogP contribution < -0.4 is 5.32 Å². The van der Waals surface area contributed by atoms with Crippen LogP contribution in [0.3, 0.4) is 0 Å². The molecule has 0 aromatic heterocycles. The summed E-state index contributed by atoms with van der Waals surface area (Å²) < 4.78 is 0. The van der Waals surface area contributed by atoms with E-state index in [2.05, 4.69) is 5.32 Å². The number of amides is 2. The van der Waals surface area contributed by atoms with Crippen LogP contribution in [0.5, 0.6) is 5.75 Å². The zero-order valence-electron chi connectivity index (χ0n) is 13.0. The minimum absolute atomic E-state index is 0.104. The lowest BCUT2D eigenvalue weighted by Gasteiger charge is -2.28. The molecule has 2 aromatic carbocycles. The number of benzene rings is 2. The fourth-order valence-corrected chi connectivity index (χ4v) is 2.43. The van der Waals surface area contributed by atoms with Crippen molar-refractivity contribution in [2.75, 3.05) is 6.54 Å². The second-order valence-electron chi connectivity index (χ2n) is 5.20. The molecule has 0 aliphatic rings. The summed E-state index contributed by atoms with van der Waals surface area (Å²) in [6, 6.07) is 16.6. The minimum Gasteiger partial charge on any atom is -0.508 e. The molecule has 2 rings (SSSR count). The van der Waals surface area contributed by atoms with E-state index in [1.807, 2.05) is 50.2 Å². The molecule has 0 heterocycles. The Morgan fingerprint density at radius 1 is 1.18 bits per heavy atom. The van der Waals surface area contributed by atoms with Gasteiger partial charge in [0.15, 0.2) is 0 Å². The first kappa shape index (κ1) is 15.9. The minimum atomic E-state index is -0.109. The maximum atomic E-state index is 12.4. The van der Waals surface area contributed by atoms with Crippen molar-refractivity contribution in [3.8, 4) is 5.75 Å². The van der Waals surface area contributed by atoms with Crippen LogP contribution in [-0.2, 0) is 6.54 Å². The summed E-state index contributed by atoms with van der Waals surface area (Å²) in [6.07, 6.45) is 0. The fourth-order valence-electron chi connectivity index (χ4n) is 2.43. The number of hydrogen-bond acceptors (Lipinski definition) is 2. The van der Waals surface area contributed by atoms with Gasteiger partial charge in [0.25, 0.3) is 0 Å². The van der Waals surface area contributed by atoms with Gasteiger partial charge in [-0.05, 0) is 37.1 Å². The standard InChI is InChI=1S/C18H22N2O2/c1-3-20(14(2)16-10-7-11-17(21)12-16)18(22)19-13-15-8-5-4-6-9-15/h4-12,14,21H,3,13H2,1-2H3,(H,19,22)/t14-/m0/s1. The zero-order valence-corrected chi connectivity index (χ0v) is 13.0. The van der Waals surface area contributed by atoms with E-state index >= 15 is 0 Å². The Balaban J connectivity index is 2.02. The number of nitrogens with one attached hydrogen (secondary N) is 1. The van der Waals surface area contributed by atoms with Crippen LogP contribution in [0.2, 0.25) is 0 Å². The maximum absolute atomic E-state index is 12.4. The van der Waals surface area contributed by atoms with Crippen LogP contribution in [0.1, 0.15) is 31.0 Å². The van der Waals surface area contributed by atoms with Gasteiger partial charge < -0.3 is 15.3 Å². The van der Waals surface area contributed by atoms with Gasteiger partial charge in [0.2, 0.25) is 0 Å². The van der Waals surface area contributed by atoms with E-state index in [-0.39, 0.29) is 17.8 Å². The zero-order chi connectivity index (χ0) is 15.9. The van der Waals surface area contributed by atoms with Gasteiger partial charge in [-0.15, -0.1) is 0 Å². The molecule has 0 bridgehead atoms. The smallest absolute Gasteiger partial charge is 0.318 e. The molecule has 4 heteroatoms. The Bertz CT molecular complexity index is 613. The van der Waals surface area contributed by atoms with Crippen molar-refractivity contribution < 1.29 is 9.90 Å². The summed E-state index contributed by atoms with van der Waals surface area (Å²) in [7, 11) is 0. The number of carbonyl (C=O) groups excluding carboxylic acids is 1. The van der Waals surface area contributed by atoms with Crippen LogP contribution in [-0.4, -0.2) is 22.6 Å². The summed E-state index contributed by atoms with van der Waals surface area (Å²) in [6.45, 7) is 5.00. The average molecular weight is 298 g/mol. The molecule has 116 valence electrons. The van der Waals surface area contributed by atoms with Gasteiger partial charge in [-0.3, -0.25) is 0 Å². The van der Waals surface area contributed by atoms with Crippen LogP contribution >= 0.6 is 0 Å². The van der Waals surface area contributed by atoms with Crippen molar-refractivity contribution in [3.05, 3.63) is 65.7 Å². The van der Waals surface area contributed by atoms with Gasteiger partial charge in [-0.1, -0.05) is 42.5 Å². The molecule has 0 fully saturated rings. The van der Waals surface area contributed by atoms with Crippen LogP contribution in [0, 0.1) is 0 Å². The van der Waals surface area contributed by atoms with Gasteiger partial charge in [-0.25, -0.2) is 4.79 Å². The van der Waals surface area contributed by atoms with Gasteiger partial charge in [-0.2, -0.15) is 0 Å². The van der Waals surface area contributed by atoms with E-state index in [1.54, 1.807) is 23.1 Å². The first-order valence-corrected chi connectivity index (χ1v) is 7.49. The summed E-state index contributed by atoms with van der Waals surface area (Å²) in [5.74, 6) is 0.213. The summed E-state index contributed by atoms with van der Waals surface area (Å²) in [5, 5.41) is 12.5. The Labute approximate surface area is 131 Å². The maximum Gasteiger partial charge on any atom is 0.318 e. The van der Waals surface area contributed by atoms with Gasteiger partial charge >= 0.3 is 6.03 Å². The highest BCUT2D eigenvalue weighted by Crippen LogP contribution is 2.23. The molecular formula is C18H22N2O2. The SMILES string of the molecule is CCN(C(=O)NCc1ccccc1)[C@@H](C)c1cccc(O)c1. The highest BCUT2D eigenvalue weighted by molar-refractivity contribution is 5.74. The first-order chi connectivity index (χ1) is 10.6. The third kappa shape index (κ3) is 4.01. The molecule has 0 saturated carbocycles. The molecule has 2 N–H and O–H groups in total. The molecular weight excluding hydrogens is 276 g/mol. The predicted molar refractivity (Wildman–Crippen MR) is 87.6 cm³/mol. The largest absolute Gasteiger partial charge is 0.508 e. The Morgan fingerprint density at radius 3 is 2.55 bits per heavy atom. The Morgan fingerprint density at radius 2 is 1.91 bits per heavy atom. The number of nitrogens with zero attached hydrogens (tertiary/aromatic N) is 1. The normalized spacial score (nSPS) is 11.7. The molecule has 2 amide bonds. The van der Waals surface area contributed by atoms with Crippen molar-refractivity contribution in [2.45, 2.75) is 26.4 Å². The van der Waals surface area contributed by atoms with Crippen LogP contribution in [0.4, 0.5) is 4.79 Å². The third-order valence-corrected chi connectivity index (χ3v) is 3.71. The molecule has 2 aromatic rings. The van der Waals surface area contributed by atoms with Crippen molar-refractivity contribution in [1.29, 1.82) is 0 Å². The van der Waals surface area contributed by atoms with E-state index < -0.39 is 0 Å². The Kier molecular flexibility index (Phi) is 5.42. The van der Waals surface area contributed by atoms with Gasteiger partial charge in [0, 0.05) is 13.1 Å². The monoisotopic (exact) mass is 298 g/mol. The molecule has 0 aliphatic heterocycles. The molecule has 0 aliphatic carbocycles. The quantitative estimate of drug-likeness (QED) is 0.884. The van der Waals surface area contributed by atoms with Crippen molar-refractivity contribution in [3.63, 3.8) is 0 Å². The molecule has 0 saturated heterocycles. The van der Waals surface area contributed by atoms with Crippen LogP contribution in [0.25, 0.3) is 0 Å². The number of phenols is 1. The molecule has 1 atom stereocenters. The molecule has 0 radical (unpaired) electrons. The number of aromatic hydroxyl groups is 1. The van der Waals surface area contributed by atoms with E-state index in [4.69, 9.17) is 0 Å². The van der Waals surface area contributed by atoms with E-state index in [1.165, 1.54) is 0 Å². The second-order valence-corrected chi connectivity index (χ2v) is 5.20. The first-order valence-electron chi connectivity index (χ1n) is 7.49. The topological polar surface area (TPSA) is 52.6 Å². The average Bonchev–Trinajstić information content (AvgIpc) is 2.54. The number of rotatable bonds is 5. The van der Waals surface area contributed by atoms with Crippen molar-refractivity contribution >= 4 is 6.03 Å². The van der Waals surface area contributed by atoms with E-state index in [0.29, 0.717) is 13.1 Å². The number of carbonyl (C=O) groups is 1. The van der Waals surface area contributed by atoms with Gasteiger partial charge in [0.1, 0.15) is 5.75 Å². The molecule has 0 unspecified atom stereocenters. The van der Waals surface area contributed by atoms with E-state index in [9.17, 15) is 9.90 Å². The summed E-state index contributed by atoms with van der Waals surface area (Å²) in [4.78, 5) is 14.1. The molecule has 4 nitrogen and oxygen atoms in total. The van der Waals surface area contributed by atoms with Crippen molar-refractivity contribution in [2.24, 2.45) is 0 Å². The third-order valence-electron chi connectivity index (χ3n) is 3.71. The highest BCUT2D eigenvalue weighted by atomic mass is 16.3. The fraction of sp³-hybridized carbons (Fsp3) is 0.278. The van der Waals surface area contributed by atoms with Crippen LogP contribution in [0.15, 0.2) is 54.6 Å². The summed E-state index contributed by atoms with van der Waals surface area (Å²) >= 11 is 0. The predicted octanol–water partition coefficient (Wildman–Crippen LogP) is 3.68. The number of hydrogen-bond donors (Lipinski definition) is 2. The summed E-state index contributed by atoms with van der Waals surface area (Å²) in [5.41, 5.74) is 1.98. The molecule has 0 spiro atoms. The van der Waals surface area contributed by atoms with Gasteiger partial charge in [0.05, 0.1) is 6.04 Å². The lowest BCUT2D eigenvalue weighted by Crippen LogP contribution is -2.41. The lowest BCUT2D eigenvalue weighted by molar-refractivity contribution is 0.182. The number of phenolic OH excluding ortho intramolecular Hbond substituents is 1. The lowest BCUT2D eigenvalue weighted by atomic mass is 10.1. The van der Waals surface area contributed by atoms with Crippen molar-refractivity contribution in [1.82, 2.24) is 10.2 Å². The molecule has 22 heavy (non-hydrogen) atoms. The highest BCUT2D eigenvalue weighted by Gasteiger charge is 2.19. The second kappa shape index (κ2) is 7.50. The van der Waals surface area contributed by atoms with E-state index in [0.717, 1.165) is 11.1 Å².